The van der Waals surface area contributed by atoms with Gasteiger partial charge in [-0.25, -0.2) is 4.79 Å². The Morgan fingerprint density at radius 3 is 2.81 bits per heavy atom. The molecule has 0 radical (unpaired) electrons. The summed E-state index contributed by atoms with van der Waals surface area (Å²) in [6, 6.07) is 0.0884. The number of nitrogens with zero attached hydrogens (tertiary/aromatic N) is 1. The molecule has 2 aliphatic rings. The van der Waals surface area contributed by atoms with E-state index in [2.05, 4.69) is 15.8 Å². The molecule has 2 atom stereocenters. The molecule has 1 saturated heterocycles. The largest absolute Gasteiger partial charge is 0.378 e. The van der Waals surface area contributed by atoms with Gasteiger partial charge in [-0.05, 0) is 45.4 Å². The Morgan fingerprint density at radius 1 is 1.33 bits per heavy atom. The van der Waals surface area contributed by atoms with E-state index in [0.717, 1.165) is 42.4 Å². The van der Waals surface area contributed by atoms with Gasteiger partial charge in [0.2, 0.25) is 0 Å². The van der Waals surface area contributed by atoms with Crippen molar-refractivity contribution in [3.8, 4) is 0 Å². The quantitative estimate of drug-likeness (QED) is 0.890. The van der Waals surface area contributed by atoms with Crippen molar-refractivity contribution in [1.82, 2.24) is 15.8 Å². The molecule has 2 N–H and O–H groups in total. The summed E-state index contributed by atoms with van der Waals surface area (Å²) in [5.74, 6) is 1.48. The first kappa shape index (κ1) is 14.4. The summed E-state index contributed by atoms with van der Waals surface area (Å²) in [6.45, 7) is 4.93. The Morgan fingerprint density at radius 2 is 2.14 bits per heavy atom. The number of hydrogen-bond donors (Lipinski definition) is 2. The molecule has 1 aliphatic carbocycles. The third-order valence-corrected chi connectivity index (χ3v) is 4.41. The zero-order chi connectivity index (χ0) is 14.8. The van der Waals surface area contributed by atoms with Crippen molar-refractivity contribution in [2.45, 2.75) is 58.2 Å². The average Bonchev–Trinajstić information content (AvgIpc) is 3.25. The van der Waals surface area contributed by atoms with E-state index >= 15 is 0 Å². The van der Waals surface area contributed by atoms with Crippen molar-refractivity contribution in [2.75, 3.05) is 6.61 Å². The van der Waals surface area contributed by atoms with E-state index in [1.807, 2.05) is 13.8 Å². The second kappa shape index (κ2) is 6.05. The second-order valence-electron chi connectivity index (χ2n) is 6.10. The number of rotatable bonds is 4. The van der Waals surface area contributed by atoms with Gasteiger partial charge >= 0.3 is 6.03 Å². The third-order valence-electron chi connectivity index (χ3n) is 4.41. The van der Waals surface area contributed by atoms with E-state index in [1.165, 1.54) is 12.8 Å². The zero-order valence-corrected chi connectivity index (χ0v) is 12.6. The normalized spacial score (nSPS) is 25.6. The van der Waals surface area contributed by atoms with E-state index in [4.69, 9.17) is 9.26 Å². The standard InChI is InChI=1S/C15H23N3O3/c1-9-13(10(2)21-18-9)8-16-15(19)17-12-5-6-20-14(7-12)11-3-4-11/h11-12,14H,3-8H2,1-2H3,(H2,16,17,19)/t12-,14-/m0/s1. The summed E-state index contributed by atoms with van der Waals surface area (Å²) in [7, 11) is 0. The first-order valence-electron chi connectivity index (χ1n) is 7.71. The van der Waals surface area contributed by atoms with Gasteiger partial charge in [0.1, 0.15) is 5.76 Å². The van der Waals surface area contributed by atoms with Crippen LogP contribution in [0.15, 0.2) is 4.52 Å². The van der Waals surface area contributed by atoms with Crippen LogP contribution in [0.5, 0.6) is 0 Å². The van der Waals surface area contributed by atoms with Gasteiger partial charge in [-0.2, -0.15) is 0 Å². The first-order chi connectivity index (χ1) is 10.1. The van der Waals surface area contributed by atoms with Crippen LogP contribution in [0.4, 0.5) is 4.79 Å². The van der Waals surface area contributed by atoms with Gasteiger partial charge in [-0.3, -0.25) is 0 Å². The lowest BCUT2D eigenvalue weighted by atomic mass is 10.0. The number of urea groups is 1. The molecule has 0 unspecified atom stereocenters. The number of carbonyl (C=O) groups is 1. The van der Waals surface area contributed by atoms with E-state index in [0.29, 0.717) is 12.6 Å². The maximum Gasteiger partial charge on any atom is 0.315 e. The van der Waals surface area contributed by atoms with E-state index in [-0.39, 0.29) is 12.1 Å². The highest BCUT2D eigenvalue weighted by Crippen LogP contribution is 2.38. The highest BCUT2D eigenvalue weighted by atomic mass is 16.5. The molecule has 3 rings (SSSR count). The fourth-order valence-electron chi connectivity index (χ4n) is 2.91. The van der Waals surface area contributed by atoms with E-state index in [1.54, 1.807) is 0 Å². The molecular formula is C15H23N3O3. The highest BCUT2D eigenvalue weighted by Gasteiger charge is 2.36. The molecule has 2 fully saturated rings. The summed E-state index contributed by atoms with van der Waals surface area (Å²) in [6.07, 6.45) is 4.71. The zero-order valence-electron chi connectivity index (χ0n) is 12.6. The fourth-order valence-corrected chi connectivity index (χ4v) is 2.91. The van der Waals surface area contributed by atoms with Gasteiger partial charge in [0, 0.05) is 24.8 Å². The Kier molecular flexibility index (Phi) is 4.14. The minimum Gasteiger partial charge on any atom is -0.378 e. The fraction of sp³-hybridized carbons (Fsp3) is 0.733. The molecule has 0 aromatic carbocycles. The molecule has 0 bridgehead atoms. The monoisotopic (exact) mass is 293 g/mol. The van der Waals surface area contributed by atoms with Gasteiger partial charge < -0.3 is 19.9 Å². The number of carbonyl (C=O) groups excluding carboxylic acids is 1. The Labute approximate surface area is 124 Å². The van der Waals surface area contributed by atoms with Crippen LogP contribution in [-0.2, 0) is 11.3 Å². The Bertz CT molecular complexity index is 491. The number of amides is 2. The average molecular weight is 293 g/mol. The summed E-state index contributed by atoms with van der Waals surface area (Å²) in [4.78, 5) is 12.0. The van der Waals surface area contributed by atoms with Crippen LogP contribution in [0.1, 0.15) is 42.7 Å². The predicted molar refractivity (Wildman–Crippen MR) is 76.8 cm³/mol. The van der Waals surface area contributed by atoms with Crippen LogP contribution < -0.4 is 10.6 Å². The number of nitrogens with one attached hydrogen (secondary N) is 2. The van der Waals surface area contributed by atoms with Crippen molar-refractivity contribution >= 4 is 6.03 Å². The van der Waals surface area contributed by atoms with Crippen molar-refractivity contribution in [3.05, 3.63) is 17.0 Å². The summed E-state index contributed by atoms with van der Waals surface area (Å²) < 4.78 is 10.9. The van der Waals surface area contributed by atoms with E-state index in [9.17, 15) is 4.79 Å². The molecule has 6 heteroatoms. The molecule has 1 aliphatic heterocycles. The Hall–Kier alpha value is -1.56. The van der Waals surface area contributed by atoms with Crippen molar-refractivity contribution in [3.63, 3.8) is 0 Å². The molecule has 1 saturated carbocycles. The van der Waals surface area contributed by atoms with Gasteiger partial charge in [0.25, 0.3) is 0 Å². The minimum absolute atomic E-state index is 0.128. The van der Waals surface area contributed by atoms with Crippen molar-refractivity contribution in [2.24, 2.45) is 5.92 Å². The van der Waals surface area contributed by atoms with Crippen LogP contribution in [-0.4, -0.2) is 29.9 Å². The lowest BCUT2D eigenvalue weighted by Gasteiger charge is -2.30. The molecule has 2 heterocycles. The molecule has 1 aromatic rings. The molecular weight excluding hydrogens is 270 g/mol. The minimum atomic E-state index is -0.128. The maximum absolute atomic E-state index is 12.0. The predicted octanol–water partition coefficient (Wildman–Crippen LogP) is 2.05. The van der Waals surface area contributed by atoms with Gasteiger partial charge in [0.05, 0.1) is 11.8 Å². The number of ether oxygens (including phenoxy) is 1. The van der Waals surface area contributed by atoms with Crippen LogP contribution in [0.25, 0.3) is 0 Å². The number of aryl methyl sites for hydroxylation is 2. The van der Waals surface area contributed by atoms with Crippen LogP contribution in [0.3, 0.4) is 0 Å². The second-order valence-corrected chi connectivity index (χ2v) is 6.10. The molecule has 2 amide bonds. The summed E-state index contributed by atoms with van der Waals surface area (Å²) >= 11 is 0. The molecule has 21 heavy (non-hydrogen) atoms. The highest BCUT2D eigenvalue weighted by molar-refractivity contribution is 5.74. The summed E-state index contributed by atoms with van der Waals surface area (Å²) in [5, 5.41) is 9.82. The van der Waals surface area contributed by atoms with Gasteiger partial charge in [-0.15, -0.1) is 0 Å². The maximum atomic E-state index is 12.0. The number of hydrogen-bond acceptors (Lipinski definition) is 4. The molecule has 6 nitrogen and oxygen atoms in total. The Balaban J connectivity index is 1.45. The lowest BCUT2D eigenvalue weighted by molar-refractivity contribution is -0.00914. The molecule has 116 valence electrons. The smallest absolute Gasteiger partial charge is 0.315 e. The van der Waals surface area contributed by atoms with Crippen LogP contribution in [0.2, 0.25) is 0 Å². The first-order valence-corrected chi connectivity index (χ1v) is 7.71. The topological polar surface area (TPSA) is 76.4 Å². The van der Waals surface area contributed by atoms with Crippen molar-refractivity contribution in [1.29, 1.82) is 0 Å². The number of aromatic nitrogens is 1. The SMILES string of the molecule is Cc1noc(C)c1CNC(=O)N[C@H]1CCO[C@H](C2CC2)C1. The van der Waals surface area contributed by atoms with E-state index < -0.39 is 0 Å². The molecule has 1 aromatic heterocycles. The van der Waals surface area contributed by atoms with Crippen LogP contribution in [0, 0.1) is 19.8 Å². The molecule has 0 spiro atoms. The van der Waals surface area contributed by atoms with Crippen LogP contribution >= 0.6 is 0 Å². The van der Waals surface area contributed by atoms with Crippen molar-refractivity contribution < 1.29 is 14.1 Å². The van der Waals surface area contributed by atoms with Gasteiger partial charge in [0.15, 0.2) is 0 Å². The summed E-state index contributed by atoms with van der Waals surface area (Å²) in [5.41, 5.74) is 1.78. The lowest BCUT2D eigenvalue weighted by Crippen LogP contribution is -2.46. The third kappa shape index (κ3) is 3.56. The van der Waals surface area contributed by atoms with Gasteiger partial charge in [-0.1, -0.05) is 5.16 Å².